The number of hydrogen-bond acceptors (Lipinski definition) is 2. The molecule has 0 unspecified atom stereocenters. The normalized spacial score (nSPS) is 10.6. The highest BCUT2D eigenvalue weighted by Crippen LogP contribution is 2.11. The molecule has 0 saturated heterocycles. The van der Waals surface area contributed by atoms with Gasteiger partial charge in [-0.2, -0.15) is 0 Å². The molecule has 0 spiro atoms. The van der Waals surface area contributed by atoms with Crippen LogP contribution >= 0.6 is 0 Å². The molecule has 0 saturated carbocycles. The Morgan fingerprint density at radius 1 is 1.29 bits per heavy atom. The predicted molar refractivity (Wildman–Crippen MR) is 61.9 cm³/mol. The topological polar surface area (TPSA) is 32.3 Å². The van der Waals surface area contributed by atoms with Gasteiger partial charge in [0.05, 0.1) is 0 Å². The molecule has 1 rings (SSSR count). The Bertz CT molecular complexity index is 374. The molecule has 3 nitrogen and oxygen atoms in total. The maximum Gasteiger partial charge on any atom is 0.257 e. The van der Waals surface area contributed by atoms with E-state index in [9.17, 15) is 13.6 Å². The van der Waals surface area contributed by atoms with Gasteiger partial charge in [0.15, 0.2) is 0 Å². The molecule has 1 N–H and O–H groups in total. The molecule has 0 aliphatic rings. The molecule has 5 heteroatoms. The second-order valence-electron chi connectivity index (χ2n) is 4.01. The van der Waals surface area contributed by atoms with Gasteiger partial charge in [0, 0.05) is 6.54 Å². The van der Waals surface area contributed by atoms with E-state index in [1.54, 1.807) is 0 Å². The number of benzene rings is 1. The van der Waals surface area contributed by atoms with E-state index >= 15 is 0 Å². The van der Waals surface area contributed by atoms with Crippen molar-refractivity contribution in [3.05, 3.63) is 35.4 Å². The number of carbonyl (C=O) groups is 1. The van der Waals surface area contributed by atoms with Gasteiger partial charge in [-0.05, 0) is 39.2 Å². The van der Waals surface area contributed by atoms with Gasteiger partial charge in [0.2, 0.25) is 0 Å². The average molecular weight is 242 g/mol. The quantitative estimate of drug-likeness (QED) is 0.796. The summed E-state index contributed by atoms with van der Waals surface area (Å²) in [4.78, 5) is 13.5. The third kappa shape index (κ3) is 4.11. The van der Waals surface area contributed by atoms with Crippen molar-refractivity contribution in [2.45, 2.75) is 6.42 Å². The van der Waals surface area contributed by atoms with Gasteiger partial charge < -0.3 is 10.2 Å². The zero-order chi connectivity index (χ0) is 12.8. The first-order chi connectivity index (χ1) is 8.02. The van der Waals surface area contributed by atoms with Crippen LogP contribution in [0.2, 0.25) is 0 Å². The minimum Gasteiger partial charge on any atom is -0.352 e. The first-order valence-corrected chi connectivity index (χ1v) is 5.39. The lowest BCUT2D eigenvalue weighted by atomic mass is 10.2. The van der Waals surface area contributed by atoms with E-state index in [4.69, 9.17) is 0 Å². The van der Waals surface area contributed by atoms with E-state index in [0.717, 1.165) is 25.1 Å². The van der Waals surface area contributed by atoms with Crippen molar-refractivity contribution in [2.24, 2.45) is 0 Å². The summed E-state index contributed by atoms with van der Waals surface area (Å²) in [5.41, 5.74) is -0.516. The zero-order valence-corrected chi connectivity index (χ0v) is 9.96. The second-order valence-corrected chi connectivity index (χ2v) is 4.01. The van der Waals surface area contributed by atoms with Crippen LogP contribution in [0.25, 0.3) is 0 Å². The van der Waals surface area contributed by atoms with E-state index < -0.39 is 23.1 Å². The van der Waals surface area contributed by atoms with E-state index in [1.807, 2.05) is 19.0 Å². The molecule has 17 heavy (non-hydrogen) atoms. The summed E-state index contributed by atoms with van der Waals surface area (Å²) in [6, 6.07) is 3.36. The highest BCUT2D eigenvalue weighted by Gasteiger charge is 2.15. The largest absolute Gasteiger partial charge is 0.352 e. The van der Waals surface area contributed by atoms with Gasteiger partial charge in [-0.3, -0.25) is 4.79 Å². The maximum absolute atomic E-state index is 13.2. The molecule has 0 atom stereocenters. The third-order valence-electron chi connectivity index (χ3n) is 2.26. The molecule has 0 fully saturated rings. The molecule has 0 aliphatic carbocycles. The van der Waals surface area contributed by atoms with Crippen LogP contribution in [0.5, 0.6) is 0 Å². The first-order valence-electron chi connectivity index (χ1n) is 5.39. The lowest BCUT2D eigenvalue weighted by Crippen LogP contribution is -2.28. The average Bonchev–Trinajstić information content (AvgIpc) is 2.24. The van der Waals surface area contributed by atoms with E-state index in [2.05, 4.69) is 5.32 Å². The van der Waals surface area contributed by atoms with Crippen LogP contribution in [0.4, 0.5) is 8.78 Å². The summed E-state index contributed by atoms with van der Waals surface area (Å²) in [6.45, 7) is 1.20. The Morgan fingerprint density at radius 3 is 2.41 bits per heavy atom. The zero-order valence-electron chi connectivity index (χ0n) is 9.96. The van der Waals surface area contributed by atoms with E-state index in [0.29, 0.717) is 6.54 Å². The number of hydrogen-bond donors (Lipinski definition) is 1. The van der Waals surface area contributed by atoms with Gasteiger partial charge in [-0.15, -0.1) is 0 Å². The van der Waals surface area contributed by atoms with Crippen molar-refractivity contribution in [1.82, 2.24) is 10.2 Å². The van der Waals surface area contributed by atoms with Crippen molar-refractivity contribution in [3.8, 4) is 0 Å². The fourth-order valence-electron chi connectivity index (χ4n) is 1.40. The van der Waals surface area contributed by atoms with Gasteiger partial charge in [-0.1, -0.05) is 6.07 Å². The summed E-state index contributed by atoms with van der Waals surface area (Å²) in [5.74, 6) is -2.38. The van der Waals surface area contributed by atoms with Crippen LogP contribution in [0.3, 0.4) is 0 Å². The third-order valence-corrected chi connectivity index (χ3v) is 2.26. The van der Waals surface area contributed by atoms with Crippen LogP contribution in [-0.4, -0.2) is 38.0 Å². The van der Waals surface area contributed by atoms with Gasteiger partial charge >= 0.3 is 0 Å². The lowest BCUT2D eigenvalue weighted by molar-refractivity contribution is 0.0944. The highest BCUT2D eigenvalue weighted by molar-refractivity contribution is 5.94. The number of nitrogens with one attached hydrogen (secondary N) is 1. The fraction of sp³-hybridized carbons (Fsp3) is 0.417. The molecule has 1 aromatic rings. The van der Waals surface area contributed by atoms with Crippen molar-refractivity contribution in [2.75, 3.05) is 27.2 Å². The standard InChI is InChI=1S/C12H16F2N2O/c1-16(2)8-4-7-15-12(17)11-9(13)5-3-6-10(11)14/h3,5-6H,4,7-8H2,1-2H3,(H,15,17). The monoisotopic (exact) mass is 242 g/mol. The molecule has 1 aromatic carbocycles. The van der Waals surface area contributed by atoms with Crippen LogP contribution in [0, 0.1) is 11.6 Å². The van der Waals surface area contributed by atoms with Crippen LogP contribution in [-0.2, 0) is 0 Å². The van der Waals surface area contributed by atoms with E-state index in [1.165, 1.54) is 6.07 Å². The number of halogens is 2. The second kappa shape index (κ2) is 6.30. The molecule has 0 aromatic heterocycles. The summed E-state index contributed by atoms with van der Waals surface area (Å²) in [7, 11) is 3.83. The Kier molecular flexibility index (Phi) is 5.03. The van der Waals surface area contributed by atoms with Crippen LogP contribution in [0.1, 0.15) is 16.8 Å². The van der Waals surface area contributed by atoms with Gasteiger partial charge in [0.1, 0.15) is 17.2 Å². The molecule has 0 heterocycles. The molecule has 94 valence electrons. The minimum absolute atomic E-state index is 0.394. The molecule has 0 aliphatic heterocycles. The van der Waals surface area contributed by atoms with Gasteiger partial charge in [0.25, 0.3) is 5.91 Å². The van der Waals surface area contributed by atoms with Crippen LogP contribution in [0.15, 0.2) is 18.2 Å². The molecule has 0 radical (unpaired) electrons. The molecule has 1 amide bonds. The molecular weight excluding hydrogens is 226 g/mol. The molecular formula is C12H16F2N2O. The number of amides is 1. The SMILES string of the molecule is CN(C)CCCNC(=O)c1c(F)cccc1F. The van der Waals surface area contributed by atoms with E-state index in [-0.39, 0.29) is 0 Å². The summed E-state index contributed by atoms with van der Waals surface area (Å²) in [6.07, 6.45) is 0.731. The maximum atomic E-state index is 13.2. The minimum atomic E-state index is -0.838. The first kappa shape index (κ1) is 13.6. The fourth-order valence-corrected chi connectivity index (χ4v) is 1.40. The predicted octanol–water partition coefficient (Wildman–Crippen LogP) is 1.65. The Morgan fingerprint density at radius 2 is 1.88 bits per heavy atom. The van der Waals surface area contributed by atoms with Crippen LogP contribution < -0.4 is 5.32 Å². The Labute approximate surface area is 99.4 Å². The smallest absolute Gasteiger partial charge is 0.257 e. The highest BCUT2D eigenvalue weighted by atomic mass is 19.1. The number of nitrogens with zero attached hydrogens (tertiary/aromatic N) is 1. The van der Waals surface area contributed by atoms with Crippen molar-refractivity contribution >= 4 is 5.91 Å². The van der Waals surface area contributed by atoms with Crippen molar-refractivity contribution < 1.29 is 13.6 Å². The Balaban J connectivity index is 2.53. The summed E-state index contributed by atoms with van der Waals surface area (Å²) < 4.78 is 26.5. The van der Waals surface area contributed by atoms with Crippen molar-refractivity contribution in [1.29, 1.82) is 0 Å². The number of rotatable bonds is 5. The van der Waals surface area contributed by atoms with Crippen molar-refractivity contribution in [3.63, 3.8) is 0 Å². The Hall–Kier alpha value is -1.49. The van der Waals surface area contributed by atoms with Gasteiger partial charge in [-0.25, -0.2) is 8.78 Å². The molecule has 0 bridgehead atoms. The number of carbonyl (C=O) groups excluding carboxylic acids is 1. The summed E-state index contributed by atoms with van der Waals surface area (Å²) in [5, 5.41) is 2.49. The summed E-state index contributed by atoms with van der Waals surface area (Å²) >= 11 is 0. The lowest BCUT2D eigenvalue weighted by Gasteiger charge is -2.10.